The molecule has 0 spiro atoms. The smallest absolute Gasteiger partial charge is 0.353 e. The van der Waals surface area contributed by atoms with E-state index in [0.29, 0.717) is 13.0 Å². The number of nitrogens with zero attached hydrogens (tertiary/aromatic N) is 1. The van der Waals surface area contributed by atoms with Crippen molar-refractivity contribution in [1.29, 1.82) is 0 Å². The van der Waals surface area contributed by atoms with E-state index in [2.05, 4.69) is 5.16 Å². The summed E-state index contributed by atoms with van der Waals surface area (Å²) in [5.74, 6) is -0.0881. The summed E-state index contributed by atoms with van der Waals surface area (Å²) >= 11 is 0. The summed E-state index contributed by atoms with van der Waals surface area (Å²) in [6.45, 7) is 0.701. The van der Waals surface area contributed by atoms with Crippen LogP contribution in [0.2, 0.25) is 0 Å². The fourth-order valence-electron chi connectivity index (χ4n) is 2.07. The Morgan fingerprint density at radius 2 is 2.10 bits per heavy atom. The number of ether oxygens (including phenoxy) is 1. The Kier molecular flexibility index (Phi) is 5.41. The predicted octanol–water partition coefficient (Wildman–Crippen LogP) is 2.86. The lowest BCUT2D eigenvalue weighted by molar-refractivity contribution is -0.129. The highest BCUT2D eigenvalue weighted by Crippen LogP contribution is 2.17. The minimum Gasteiger partial charge on any atom is -0.494 e. The third-order valence-electron chi connectivity index (χ3n) is 3.16. The maximum Gasteiger partial charge on any atom is 0.353 e. The minimum atomic E-state index is -0.983. The fourth-order valence-corrected chi connectivity index (χ4v) is 2.07. The van der Waals surface area contributed by atoms with Crippen molar-refractivity contribution in [1.82, 2.24) is 0 Å². The third kappa shape index (κ3) is 4.57. The van der Waals surface area contributed by atoms with Crippen LogP contribution in [0.4, 0.5) is 0 Å². The van der Waals surface area contributed by atoms with Crippen molar-refractivity contribution in [3.05, 3.63) is 30.3 Å². The van der Waals surface area contributed by atoms with Gasteiger partial charge in [-0.05, 0) is 37.8 Å². The van der Waals surface area contributed by atoms with Crippen LogP contribution in [0.5, 0.6) is 5.75 Å². The number of aliphatic carboxylic acids is 1. The normalized spacial score (nSPS) is 17.4. The molecule has 1 aliphatic heterocycles. The first-order valence-electron chi connectivity index (χ1n) is 6.89. The van der Waals surface area contributed by atoms with E-state index < -0.39 is 5.97 Å². The molecular formula is C15H19NO4. The first-order valence-corrected chi connectivity index (χ1v) is 6.89. The van der Waals surface area contributed by atoms with Crippen molar-refractivity contribution in [3.63, 3.8) is 0 Å². The van der Waals surface area contributed by atoms with Crippen molar-refractivity contribution >= 4 is 11.7 Å². The molecule has 1 N–H and O–H groups in total. The van der Waals surface area contributed by atoms with Gasteiger partial charge < -0.3 is 14.7 Å². The lowest BCUT2D eigenvalue weighted by Crippen LogP contribution is -2.14. The van der Waals surface area contributed by atoms with E-state index in [4.69, 9.17) is 14.7 Å². The van der Waals surface area contributed by atoms with Gasteiger partial charge in [-0.15, -0.1) is 0 Å². The first kappa shape index (κ1) is 14.4. The van der Waals surface area contributed by atoms with Gasteiger partial charge in [0.25, 0.3) is 0 Å². The largest absolute Gasteiger partial charge is 0.494 e. The lowest BCUT2D eigenvalue weighted by Gasteiger charge is -2.08. The molecular weight excluding hydrogens is 258 g/mol. The number of carboxylic acid groups (broad SMARTS) is 1. The highest BCUT2D eigenvalue weighted by molar-refractivity contribution is 6.35. The number of hydrogen-bond donors (Lipinski definition) is 1. The van der Waals surface area contributed by atoms with Gasteiger partial charge in [0, 0.05) is 6.42 Å². The molecule has 2 rings (SSSR count). The number of carboxylic acids is 1. The maximum atomic E-state index is 10.7. The Hall–Kier alpha value is -2.04. The molecule has 5 nitrogen and oxygen atoms in total. The molecule has 0 aliphatic carbocycles. The van der Waals surface area contributed by atoms with Crippen LogP contribution in [0.15, 0.2) is 35.5 Å². The van der Waals surface area contributed by atoms with E-state index in [1.807, 2.05) is 30.3 Å². The number of unbranched alkanes of at least 4 members (excludes halogenated alkanes) is 2. The summed E-state index contributed by atoms with van der Waals surface area (Å²) in [6.07, 6.45) is 4.19. The van der Waals surface area contributed by atoms with Gasteiger partial charge >= 0.3 is 5.97 Å². The van der Waals surface area contributed by atoms with Crippen LogP contribution in [-0.2, 0) is 9.63 Å². The molecule has 0 fully saturated rings. The third-order valence-corrected chi connectivity index (χ3v) is 3.16. The van der Waals surface area contributed by atoms with Crippen LogP contribution in [-0.4, -0.2) is 29.5 Å². The monoisotopic (exact) mass is 277 g/mol. The standard InChI is InChI=1S/C15H19NO4/c17-15(18)14-11-13(20-16-14)9-5-2-6-10-19-12-7-3-1-4-8-12/h1,3-4,7-8,13H,2,5-6,9-11H2,(H,17,18). The number of oxime groups is 1. The van der Waals surface area contributed by atoms with Gasteiger partial charge in [0.2, 0.25) is 0 Å². The van der Waals surface area contributed by atoms with Crippen molar-refractivity contribution in [3.8, 4) is 5.75 Å². The molecule has 1 heterocycles. The van der Waals surface area contributed by atoms with Gasteiger partial charge in [0.1, 0.15) is 11.9 Å². The molecule has 1 atom stereocenters. The summed E-state index contributed by atoms with van der Waals surface area (Å²) in [7, 11) is 0. The van der Waals surface area contributed by atoms with Gasteiger partial charge in [-0.1, -0.05) is 23.4 Å². The molecule has 0 saturated heterocycles. The quantitative estimate of drug-likeness (QED) is 0.742. The van der Waals surface area contributed by atoms with E-state index in [0.717, 1.165) is 31.4 Å². The highest BCUT2D eigenvalue weighted by atomic mass is 16.6. The number of rotatable bonds is 8. The van der Waals surface area contributed by atoms with Crippen LogP contribution >= 0.6 is 0 Å². The van der Waals surface area contributed by atoms with Crippen LogP contribution in [0.3, 0.4) is 0 Å². The van der Waals surface area contributed by atoms with Gasteiger partial charge in [-0.3, -0.25) is 0 Å². The molecule has 0 radical (unpaired) electrons. The van der Waals surface area contributed by atoms with Crippen LogP contribution in [0.1, 0.15) is 32.1 Å². The SMILES string of the molecule is O=C(O)C1=NOC(CCCCCOc2ccccc2)C1. The van der Waals surface area contributed by atoms with Crippen molar-refractivity contribution in [2.75, 3.05) is 6.61 Å². The zero-order valence-corrected chi connectivity index (χ0v) is 11.3. The predicted molar refractivity (Wildman–Crippen MR) is 75.0 cm³/mol. The topological polar surface area (TPSA) is 68.1 Å². The van der Waals surface area contributed by atoms with Crippen LogP contribution in [0.25, 0.3) is 0 Å². The van der Waals surface area contributed by atoms with Crippen LogP contribution in [0, 0.1) is 0 Å². The van der Waals surface area contributed by atoms with E-state index in [-0.39, 0.29) is 11.8 Å². The Balaban J connectivity index is 1.50. The van der Waals surface area contributed by atoms with E-state index >= 15 is 0 Å². The summed E-state index contributed by atoms with van der Waals surface area (Å²) in [5.41, 5.74) is 0.127. The molecule has 1 aromatic carbocycles. The Labute approximate surface area is 118 Å². The van der Waals surface area contributed by atoms with E-state index in [1.165, 1.54) is 0 Å². The summed E-state index contributed by atoms with van der Waals surface area (Å²) in [5, 5.41) is 12.3. The average molecular weight is 277 g/mol. The van der Waals surface area contributed by atoms with Gasteiger partial charge in [0.05, 0.1) is 6.61 Å². The molecule has 108 valence electrons. The van der Waals surface area contributed by atoms with E-state index in [1.54, 1.807) is 0 Å². The second-order valence-corrected chi connectivity index (χ2v) is 4.79. The maximum absolute atomic E-state index is 10.7. The van der Waals surface area contributed by atoms with Gasteiger partial charge in [-0.25, -0.2) is 4.79 Å². The molecule has 0 aromatic heterocycles. The van der Waals surface area contributed by atoms with Crippen molar-refractivity contribution in [2.45, 2.75) is 38.2 Å². The summed E-state index contributed by atoms with van der Waals surface area (Å²) in [6, 6.07) is 9.75. The summed E-state index contributed by atoms with van der Waals surface area (Å²) in [4.78, 5) is 15.7. The second kappa shape index (κ2) is 7.53. The zero-order valence-electron chi connectivity index (χ0n) is 11.3. The molecule has 0 saturated carbocycles. The number of para-hydroxylation sites is 1. The molecule has 0 amide bonds. The number of carbonyl (C=O) groups is 1. The van der Waals surface area contributed by atoms with Crippen molar-refractivity contribution in [2.24, 2.45) is 5.16 Å². The molecule has 1 aliphatic rings. The van der Waals surface area contributed by atoms with Gasteiger partial charge in [0.15, 0.2) is 5.71 Å². The highest BCUT2D eigenvalue weighted by Gasteiger charge is 2.24. The molecule has 1 aromatic rings. The lowest BCUT2D eigenvalue weighted by atomic mass is 10.1. The molecule has 20 heavy (non-hydrogen) atoms. The number of hydrogen-bond acceptors (Lipinski definition) is 4. The molecule has 1 unspecified atom stereocenters. The van der Waals surface area contributed by atoms with E-state index in [9.17, 15) is 4.79 Å². The second-order valence-electron chi connectivity index (χ2n) is 4.79. The van der Waals surface area contributed by atoms with Gasteiger partial charge in [-0.2, -0.15) is 0 Å². The zero-order chi connectivity index (χ0) is 14.2. The van der Waals surface area contributed by atoms with Crippen LogP contribution < -0.4 is 4.74 Å². The minimum absolute atomic E-state index is 0.0730. The molecule has 5 heteroatoms. The number of benzene rings is 1. The average Bonchev–Trinajstić information content (AvgIpc) is 2.93. The molecule has 0 bridgehead atoms. The van der Waals surface area contributed by atoms with Crippen molar-refractivity contribution < 1.29 is 19.5 Å². The fraction of sp³-hybridized carbons (Fsp3) is 0.467. The summed E-state index contributed by atoms with van der Waals surface area (Å²) < 4.78 is 5.59. The first-order chi connectivity index (χ1) is 9.75. The Bertz CT molecular complexity index is 458. The Morgan fingerprint density at radius 3 is 2.80 bits per heavy atom. The Morgan fingerprint density at radius 1 is 1.30 bits per heavy atom.